The maximum Gasteiger partial charge on any atom is 0.256 e. The number of amides is 1. The predicted molar refractivity (Wildman–Crippen MR) is 105 cm³/mol. The van der Waals surface area contributed by atoms with Crippen molar-refractivity contribution in [3.63, 3.8) is 0 Å². The molecule has 0 saturated carbocycles. The number of halogens is 2. The number of aromatic nitrogens is 2. The Balaban J connectivity index is 1.79. The number of nitrogens with one attached hydrogen (secondary N) is 1. The van der Waals surface area contributed by atoms with Gasteiger partial charge in [-0.2, -0.15) is 5.10 Å². The Morgan fingerprint density at radius 2 is 1.88 bits per heavy atom. The van der Waals surface area contributed by atoms with E-state index in [1.165, 1.54) is 0 Å². The van der Waals surface area contributed by atoms with Gasteiger partial charge < -0.3 is 5.32 Å². The summed E-state index contributed by atoms with van der Waals surface area (Å²) in [5.74, 6) is -0.251. The molecule has 0 radical (unpaired) electrons. The first kappa shape index (κ1) is 18.5. The minimum atomic E-state index is -0.251. The second-order valence-corrected chi connectivity index (χ2v) is 6.94. The lowest BCUT2D eigenvalue weighted by molar-refractivity contribution is 0.0939. The summed E-state index contributed by atoms with van der Waals surface area (Å²) in [5.41, 5.74) is 2.99. The maximum atomic E-state index is 12.7. The van der Waals surface area contributed by atoms with Crippen LogP contribution in [-0.2, 0) is 6.54 Å². The lowest BCUT2D eigenvalue weighted by Gasteiger charge is -2.14. The minimum Gasteiger partial charge on any atom is -0.345 e. The van der Waals surface area contributed by atoms with Crippen LogP contribution in [0.5, 0.6) is 0 Å². The summed E-state index contributed by atoms with van der Waals surface area (Å²) < 4.78 is 1.64. The SMILES string of the molecule is Cc1nn(Cc2ccccc2)c(Cl)c1C(=O)NC(C)c1cccc(Cl)c1. The monoisotopic (exact) mass is 387 g/mol. The highest BCUT2D eigenvalue weighted by molar-refractivity contribution is 6.33. The van der Waals surface area contributed by atoms with Crippen LogP contribution in [0.1, 0.15) is 40.1 Å². The highest BCUT2D eigenvalue weighted by Gasteiger charge is 2.22. The van der Waals surface area contributed by atoms with Crippen molar-refractivity contribution in [3.8, 4) is 0 Å². The first-order valence-electron chi connectivity index (χ1n) is 8.29. The summed E-state index contributed by atoms with van der Waals surface area (Å²) in [6, 6.07) is 17.1. The molecule has 26 heavy (non-hydrogen) atoms. The molecule has 0 saturated heterocycles. The number of aryl methyl sites for hydroxylation is 1. The summed E-state index contributed by atoms with van der Waals surface area (Å²) in [7, 11) is 0. The molecule has 2 aromatic carbocycles. The van der Waals surface area contributed by atoms with E-state index in [4.69, 9.17) is 23.2 Å². The van der Waals surface area contributed by atoms with E-state index < -0.39 is 0 Å². The number of hydrogen-bond donors (Lipinski definition) is 1. The highest BCUT2D eigenvalue weighted by Crippen LogP contribution is 2.23. The van der Waals surface area contributed by atoms with E-state index in [-0.39, 0.29) is 11.9 Å². The Morgan fingerprint density at radius 1 is 1.15 bits per heavy atom. The van der Waals surface area contributed by atoms with Crippen LogP contribution in [0.2, 0.25) is 10.2 Å². The quantitative estimate of drug-likeness (QED) is 0.666. The molecule has 3 rings (SSSR count). The number of benzene rings is 2. The van der Waals surface area contributed by atoms with Gasteiger partial charge in [0.15, 0.2) is 0 Å². The van der Waals surface area contributed by atoms with Crippen LogP contribution in [0.15, 0.2) is 54.6 Å². The van der Waals surface area contributed by atoms with Gasteiger partial charge in [-0.3, -0.25) is 4.79 Å². The average molecular weight is 388 g/mol. The lowest BCUT2D eigenvalue weighted by atomic mass is 10.1. The van der Waals surface area contributed by atoms with E-state index >= 15 is 0 Å². The number of carbonyl (C=O) groups excluding carboxylic acids is 1. The molecule has 1 N–H and O–H groups in total. The molecule has 0 aliphatic carbocycles. The third kappa shape index (κ3) is 4.09. The molecule has 1 amide bonds. The summed E-state index contributed by atoms with van der Waals surface area (Å²) in [6.07, 6.45) is 0. The number of carbonyl (C=O) groups is 1. The highest BCUT2D eigenvalue weighted by atomic mass is 35.5. The Bertz CT molecular complexity index is 922. The largest absolute Gasteiger partial charge is 0.345 e. The van der Waals surface area contributed by atoms with Gasteiger partial charge in [-0.15, -0.1) is 0 Å². The molecule has 1 atom stereocenters. The van der Waals surface area contributed by atoms with Crippen LogP contribution < -0.4 is 5.32 Å². The van der Waals surface area contributed by atoms with Crippen molar-refractivity contribution in [1.82, 2.24) is 15.1 Å². The summed E-state index contributed by atoms with van der Waals surface area (Å²) in [6.45, 7) is 4.20. The number of rotatable bonds is 5. The van der Waals surface area contributed by atoms with Gasteiger partial charge in [-0.1, -0.05) is 65.7 Å². The van der Waals surface area contributed by atoms with Crippen molar-refractivity contribution in [3.05, 3.63) is 87.2 Å². The predicted octanol–water partition coefficient (Wildman–Crippen LogP) is 5.04. The first-order chi connectivity index (χ1) is 12.5. The third-order valence-corrected chi connectivity index (χ3v) is 4.78. The van der Waals surface area contributed by atoms with Crippen LogP contribution in [0.4, 0.5) is 0 Å². The molecule has 134 valence electrons. The van der Waals surface area contributed by atoms with E-state index in [1.807, 2.05) is 55.5 Å². The molecule has 3 aromatic rings. The standard InChI is InChI=1S/C20H19Cl2N3O/c1-13(16-9-6-10-17(21)11-16)23-20(26)18-14(2)24-25(19(18)22)12-15-7-4-3-5-8-15/h3-11,13H,12H2,1-2H3,(H,23,26). The van der Waals surface area contributed by atoms with Crippen molar-refractivity contribution in [2.45, 2.75) is 26.4 Å². The Kier molecular flexibility index (Phi) is 5.64. The fourth-order valence-electron chi connectivity index (χ4n) is 2.80. The van der Waals surface area contributed by atoms with Crippen molar-refractivity contribution in [2.24, 2.45) is 0 Å². The van der Waals surface area contributed by atoms with Crippen LogP contribution in [0, 0.1) is 6.92 Å². The Morgan fingerprint density at radius 3 is 2.58 bits per heavy atom. The second kappa shape index (κ2) is 7.94. The molecular formula is C20H19Cl2N3O. The number of nitrogens with zero attached hydrogens (tertiary/aromatic N) is 2. The van der Waals surface area contributed by atoms with Gasteiger partial charge in [0.1, 0.15) is 5.15 Å². The van der Waals surface area contributed by atoms with E-state index in [0.29, 0.717) is 28.0 Å². The van der Waals surface area contributed by atoms with Crippen LogP contribution in [-0.4, -0.2) is 15.7 Å². The molecule has 0 bridgehead atoms. The van der Waals surface area contributed by atoms with Gasteiger partial charge >= 0.3 is 0 Å². The smallest absolute Gasteiger partial charge is 0.256 e. The molecule has 0 aliphatic heterocycles. The van der Waals surface area contributed by atoms with Gasteiger partial charge in [0.25, 0.3) is 5.91 Å². The van der Waals surface area contributed by atoms with Gasteiger partial charge in [0.05, 0.1) is 23.8 Å². The summed E-state index contributed by atoms with van der Waals surface area (Å²) in [5, 5.41) is 8.35. The van der Waals surface area contributed by atoms with E-state index in [9.17, 15) is 4.79 Å². The zero-order chi connectivity index (χ0) is 18.7. The Hall–Kier alpha value is -2.30. The van der Waals surface area contributed by atoms with Crippen molar-refractivity contribution in [2.75, 3.05) is 0 Å². The van der Waals surface area contributed by atoms with Crippen LogP contribution >= 0.6 is 23.2 Å². The van der Waals surface area contributed by atoms with Crippen LogP contribution in [0.25, 0.3) is 0 Å². The van der Waals surface area contributed by atoms with Crippen molar-refractivity contribution in [1.29, 1.82) is 0 Å². The molecule has 0 aliphatic rings. The second-order valence-electron chi connectivity index (χ2n) is 6.14. The fourth-order valence-corrected chi connectivity index (χ4v) is 3.32. The normalized spacial score (nSPS) is 12.0. The third-order valence-electron chi connectivity index (χ3n) is 4.16. The van der Waals surface area contributed by atoms with E-state index in [0.717, 1.165) is 11.1 Å². The average Bonchev–Trinajstić information content (AvgIpc) is 2.89. The maximum absolute atomic E-state index is 12.7. The topological polar surface area (TPSA) is 46.9 Å². The van der Waals surface area contributed by atoms with E-state index in [2.05, 4.69) is 10.4 Å². The van der Waals surface area contributed by atoms with Gasteiger partial charge in [0, 0.05) is 5.02 Å². The molecule has 4 nitrogen and oxygen atoms in total. The molecule has 6 heteroatoms. The van der Waals surface area contributed by atoms with Gasteiger partial charge in [-0.25, -0.2) is 4.68 Å². The molecule has 1 aromatic heterocycles. The first-order valence-corrected chi connectivity index (χ1v) is 9.04. The lowest BCUT2D eigenvalue weighted by Crippen LogP contribution is -2.27. The summed E-state index contributed by atoms with van der Waals surface area (Å²) in [4.78, 5) is 12.7. The molecule has 1 heterocycles. The fraction of sp³-hybridized carbons (Fsp3) is 0.200. The van der Waals surface area contributed by atoms with Crippen molar-refractivity contribution >= 4 is 29.1 Å². The Labute approximate surface area is 162 Å². The molecule has 1 unspecified atom stereocenters. The molecule has 0 fully saturated rings. The summed E-state index contributed by atoms with van der Waals surface area (Å²) >= 11 is 12.5. The van der Waals surface area contributed by atoms with Gasteiger partial charge in [-0.05, 0) is 37.1 Å². The van der Waals surface area contributed by atoms with Crippen LogP contribution in [0.3, 0.4) is 0 Å². The molecule has 0 spiro atoms. The minimum absolute atomic E-state index is 0.200. The zero-order valence-corrected chi connectivity index (χ0v) is 16.1. The zero-order valence-electron chi connectivity index (χ0n) is 14.5. The van der Waals surface area contributed by atoms with Gasteiger partial charge in [0.2, 0.25) is 0 Å². The number of hydrogen-bond acceptors (Lipinski definition) is 2. The van der Waals surface area contributed by atoms with Crippen molar-refractivity contribution < 1.29 is 4.79 Å². The van der Waals surface area contributed by atoms with E-state index in [1.54, 1.807) is 17.7 Å². The molecular weight excluding hydrogens is 369 g/mol.